The molecule has 0 spiro atoms. The molecule has 1 atom stereocenters. The first-order valence-electron chi connectivity index (χ1n) is 11.0. The highest BCUT2D eigenvalue weighted by molar-refractivity contribution is 7.10. The zero-order valence-electron chi connectivity index (χ0n) is 18.6. The smallest absolute Gasteiger partial charge is 0.254 e. The van der Waals surface area contributed by atoms with Crippen LogP contribution in [0.15, 0.2) is 60.0 Å². The van der Waals surface area contributed by atoms with E-state index in [0.717, 1.165) is 17.5 Å². The van der Waals surface area contributed by atoms with Crippen molar-refractivity contribution in [3.8, 4) is 0 Å². The number of hydrogen-bond acceptors (Lipinski definition) is 3. The van der Waals surface area contributed by atoms with Crippen molar-refractivity contribution in [2.24, 2.45) is 5.92 Å². The number of benzene rings is 2. The Morgan fingerprint density at radius 1 is 1.09 bits per heavy atom. The van der Waals surface area contributed by atoms with Gasteiger partial charge in [-0.25, -0.2) is 0 Å². The van der Waals surface area contributed by atoms with E-state index in [0.29, 0.717) is 28.7 Å². The van der Waals surface area contributed by atoms with Gasteiger partial charge in [0.2, 0.25) is 5.91 Å². The van der Waals surface area contributed by atoms with Crippen LogP contribution in [0.2, 0.25) is 10.0 Å². The van der Waals surface area contributed by atoms with Gasteiger partial charge in [0.05, 0.1) is 6.04 Å². The third kappa shape index (κ3) is 5.43. The molecule has 1 aliphatic heterocycles. The molecule has 4 nitrogen and oxygen atoms in total. The quantitative estimate of drug-likeness (QED) is 0.396. The zero-order valence-corrected chi connectivity index (χ0v) is 21.0. The Balaban J connectivity index is 1.62. The van der Waals surface area contributed by atoms with Gasteiger partial charge in [-0.2, -0.15) is 0 Å². The van der Waals surface area contributed by atoms with Crippen LogP contribution in [0.1, 0.15) is 46.3 Å². The second-order valence-electron chi connectivity index (χ2n) is 8.68. The summed E-state index contributed by atoms with van der Waals surface area (Å²) < 4.78 is 0. The van der Waals surface area contributed by atoms with E-state index in [1.54, 1.807) is 40.5 Å². The minimum Gasteiger partial charge on any atom is -0.330 e. The lowest BCUT2D eigenvalue weighted by atomic mass is 9.93. The van der Waals surface area contributed by atoms with Crippen LogP contribution in [0.3, 0.4) is 0 Å². The second kappa shape index (κ2) is 10.3. The number of nitrogens with zero attached hydrogens (tertiary/aromatic N) is 2. The van der Waals surface area contributed by atoms with E-state index in [4.69, 9.17) is 23.2 Å². The average molecular weight is 501 g/mol. The van der Waals surface area contributed by atoms with Gasteiger partial charge in [-0.15, -0.1) is 11.3 Å². The lowest BCUT2D eigenvalue weighted by Crippen LogP contribution is -2.47. The molecule has 0 N–H and O–H groups in total. The van der Waals surface area contributed by atoms with E-state index in [2.05, 4.69) is 11.4 Å². The molecule has 2 aromatic carbocycles. The monoisotopic (exact) mass is 500 g/mol. The highest BCUT2D eigenvalue weighted by Gasteiger charge is 2.34. The van der Waals surface area contributed by atoms with E-state index in [1.807, 2.05) is 43.0 Å². The number of amides is 2. The van der Waals surface area contributed by atoms with Crippen molar-refractivity contribution < 1.29 is 9.59 Å². The zero-order chi connectivity index (χ0) is 23.5. The minimum absolute atomic E-state index is 0.0209. The predicted octanol–water partition coefficient (Wildman–Crippen LogP) is 6.33. The summed E-state index contributed by atoms with van der Waals surface area (Å²) >= 11 is 14.0. The summed E-state index contributed by atoms with van der Waals surface area (Å²) in [6.07, 6.45) is 0.815. The van der Waals surface area contributed by atoms with E-state index in [1.165, 1.54) is 4.88 Å². The maximum atomic E-state index is 13.7. The normalized spacial score (nSPS) is 15.4. The summed E-state index contributed by atoms with van der Waals surface area (Å²) in [5, 5.41) is 3.24. The van der Waals surface area contributed by atoms with Crippen LogP contribution >= 0.6 is 34.5 Å². The Kier molecular flexibility index (Phi) is 7.42. The van der Waals surface area contributed by atoms with Crippen molar-refractivity contribution in [2.45, 2.75) is 26.3 Å². The molecular formula is C26H26Cl2N2O2S. The summed E-state index contributed by atoms with van der Waals surface area (Å²) in [7, 11) is 0. The molecule has 33 heavy (non-hydrogen) atoms. The van der Waals surface area contributed by atoms with Crippen molar-refractivity contribution in [1.82, 2.24) is 9.80 Å². The maximum absolute atomic E-state index is 13.7. The Morgan fingerprint density at radius 3 is 2.55 bits per heavy atom. The molecular weight excluding hydrogens is 475 g/mol. The van der Waals surface area contributed by atoms with E-state index < -0.39 is 0 Å². The largest absolute Gasteiger partial charge is 0.330 e. The fourth-order valence-corrected chi connectivity index (χ4v) is 5.53. The third-order valence-corrected chi connectivity index (χ3v) is 7.23. The highest BCUT2D eigenvalue weighted by atomic mass is 35.5. The first-order chi connectivity index (χ1) is 15.8. The van der Waals surface area contributed by atoms with Gasteiger partial charge >= 0.3 is 0 Å². The number of fused-ring (bicyclic) bond motifs is 1. The fraction of sp³-hybridized carbons (Fsp3) is 0.308. The number of carbonyl (C=O) groups is 2. The molecule has 0 saturated carbocycles. The molecule has 1 aromatic heterocycles. The van der Waals surface area contributed by atoms with Crippen LogP contribution in [0, 0.1) is 5.92 Å². The molecule has 0 bridgehead atoms. The van der Waals surface area contributed by atoms with Gasteiger partial charge in [0.15, 0.2) is 0 Å². The third-order valence-electron chi connectivity index (χ3n) is 5.74. The molecule has 1 aliphatic rings. The highest BCUT2D eigenvalue weighted by Crippen LogP contribution is 2.38. The number of hydrogen-bond donors (Lipinski definition) is 0. The van der Waals surface area contributed by atoms with Crippen LogP contribution in [-0.4, -0.2) is 41.2 Å². The standard InChI is InChI=1S/C26H26Cl2N2O2S/c1-17(2)15-29(26(32)19-4-3-5-21(28)14-19)16-24(31)30-12-10-23-22(11-13-33-23)25(30)18-6-8-20(27)9-7-18/h3-9,11,13-14,17,25H,10,12,15-16H2,1-2H3. The maximum Gasteiger partial charge on any atom is 0.254 e. The van der Waals surface area contributed by atoms with Crippen molar-refractivity contribution in [2.75, 3.05) is 19.6 Å². The van der Waals surface area contributed by atoms with Gasteiger partial charge < -0.3 is 9.80 Å². The predicted molar refractivity (Wildman–Crippen MR) is 135 cm³/mol. The van der Waals surface area contributed by atoms with Gasteiger partial charge in [0.1, 0.15) is 6.54 Å². The van der Waals surface area contributed by atoms with E-state index >= 15 is 0 Å². The Bertz CT molecular complexity index is 1140. The van der Waals surface area contributed by atoms with Crippen LogP contribution in [0.4, 0.5) is 0 Å². The van der Waals surface area contributed by atoms with Crippen molar-refractivity contribution in [3.63, 3.8) is 0 Å². The Hall–Kier alpha value is -2.34. The SMILES string of the molecule is CC(C)CN(CC(=O)N1CCc2sccc2C1c1ccc(Cl)cc1)C(=O)c1cccc(Cl)c1. The van der Waals surface area contributed by atoms with Crippen LogP contribution < -0.4 is 0 Å². The van der Waals surface area contributed by atoms with Crippen molar-refractivity contribution >= 4 is 46.4 Å². The van der Waals surface area contributed by atoms with Crippen LogP contribution in [0.25, 0.3) is 0 Å². The summed E-state index contributed by atoms with van der Waals surface area (Å²) in [6.45, 7) is 5.20. The molecule has 0 radical (unpaired) electrons. The Labute approximate surface area is 208 Å². The average Bonchev–Trinajstić information content (AvgIpc) is 3.27. The first-order valence-corrected chi connectivity index (χ1v) is 12.6. The molecule has 7 heteroatoms. The molecule has 3 aromatic rings. The van der Waals surface area contributed by atoms with Crippen LogP contribution in [-0.2, 0) is 11.2 Å². The number of carbonyl (C=O) groups excluding carboxylic acids is 2. The lowest BCUT2D eigenvalue weighted by Gasteiger charge is -2.38. The molecule has 1 unspecified atom stereocenters. The van der Waals surface area contributed by atoms with Gasteiger partial charge in [-0.1, -0.05) is 55.2 Å². The van der Waals surface area contributed by atoms with Crippen LogP contribution in [0.5, 0.6) is 0 Å². The topological polar surface area (TPSA) is 40.6 Å². The van der Waals surface area contributed by atoms with E-state index in [9.17, 15) is 9.59 Å². The molecule has 4 rings (SSSR count). The van der Waals surface area contributed by atoms with E-state index in [-0.39, 0.29) is 30.3 Å². The minimum atomic E-state index is -0.188. The van der Waals surface area contributed by atoms with Gasteiger partial charge in [0, 0.05) is 33.6 Å². The summed E-state index contributed by atoms with van der Waals surface area (Å²) in [5.41, 5.74) is 2.66. The van der Waals surface area contributed by atoms with Crippen molar-refractivity contribution in [3.05, 3.63) is 91.6 Å². The Morgan fingerprint density at radius 2 is 1.85 bits per heavy atom. The molecule has 172 valence electrons. The molecule has 0 aliphatic carbocycles. The first kappa shape index (κ1) is 23.8. The summed E-state index contributed by atoms with van der Waals surface area (Å²) in [5.74, 6) is -0.0310. The lowest BCUT2D eigenvalue weighted by molar-refractivity contribution is -0.134. The van der Waals surface area contributed by atoms with Gasteiger partial charge in [-0.3, -0.25) is 9.59 Å². The fourth-order valence-electron chi connectivity index (χ4n) is 4.31. The molecule has 2 amide bonds. The molecule has 2 heterocycles. The summed E-state index contributed by atoms with van der Waals surface area (Å²) in [6, 6.07) is 16.4. The number of rotatable bonds is 6. The molecule has 0 fully saturated rings. The number of thiophene rings is 1. The number of halogens is 2. The summed E-state index contributed by atoms with van der Waals surface area (Å²) in [4.78, 5) is 31.8. The second-order valence-corrected chi connectivity index (χ2v) is 10.6. The molecule has 0 saturated heterocycles. The van der Waals surface area contributed by atoms with Crippen molar-refractivity contribution in [1.29, 1.82) is 0 Å². The van der Waals surface area contributed by atoms with Gasteiger partial charge in [0.25, 0.3) is 5.91 Å². The van der Waals surface area contributed by atoms with Gasteiger partial charge in [-0.05, 0) is 65.2 Å².